The lowest BCUT2D eigenvalue weighted by molar-refractivity contribution is 0.412. The second-order valence-corrected chi connectivity index (χ2v) is 3.70. The summed E-state index contributed by atoms with van der Waals surface area (Å²) in [4.78, 5) is 4.21. The largest absolute Gasteiger partial charge is 0.451 e. The molecular weight excluding hydrogens is 218 g/mol. The van der Waals surface area contributed by atoms with Crippen LogP contribution in [-0.4, -0.2) is 16.7 Å². The molecule has 0 spiro atoms. The predicted octanol–water partition coefficient (Wildman–Crippen LogP) is 1.98. The van der Waals surface area contributed by atoms with Crippen LogP contribution in [0.1, 0.15) is 5.82 Å². The van der Waals surface area contributed by atoms with Gasteiger partial charge in [-0.15, -0.1) is 0 Å². The van der Waals surface area contributed by atoms with Crippen LogP contribution in [0.15, 0.2) is 39.3 Å². The number of aromatic nitrogens is 2. The van der Waals surface area contributed by atoms with E-state index in [-0.39, 0.29) is 0 Å². The van der Waals surface area contributed by atoms with Crippen LogP contribution >= 0.6 is 0 Å². The highest BCUT2D eigenvalue weighted by Crippen LogP contribution is 2.26. The summed E-state index contributed by atoms with van der Waals surface area (Å²) in [5, 5.41) is 4.84. The lowest BCUT2D eigenvalue weighted by atomic mass is 10.2. The third kappa shape index (κ3) is 1.81. The molecule has 0 fully saturated rings. The summed E-state index contributed by atoms with van der Waals surface area (Å²) in [5.41, 5.74) is 6.23. The summed E-state index contributed by atoms with van der Waals surface area (Å²) in [5.74, 6) is 1.58. The molecule has 5 nitrogen and oxygen atoms in total. The molecule has 0 atom stereocenters. The molecule has 0 saturated heterocycles. The SMILES string of the molecule is NCCc1noc(-c2cc3ccccc3o2)n1. The molecule has 0 radical (unpaired) electrons. The van der Waals surface area contributed by atoms with Crippen molar-refractivity contribution in [1.29, 1.82) is 0 Å². The smallest absolute Gasteiger partial charge is 0.293 e. The maximum Gasteiger partial charge on any atom is 0.293 e. The molecule has 0 aliphatic rings. The Bertz CT molecular complexity index is 609. The van der Waals surface area contributed by atoms with Gasteiger partial charge in [-0.05, 0) is 18.7 Å². The topological polar surface area (TPSA) is 78.1 Å². The number of rotatable bonds is 3. The molecule has 0 bridgehead atoms. The number of nitrogens with zero attached hydrogens (tertiary/aromatic N) is 2. The van der Waals surface area contributed by atoms with E-state index in [2.05, 4.69) is 10.1 Å². The van der Waals surface area contributed by atoms with Gasteiger partial charge in [-0.1, -0.05) is 23.4 Å². The van der Waals surface area contributed by atoms with E-state index in [0.717, 1.165) is 11.0 Å². The van der Waals surface area contributed by atoms with Gasteiger partial charge in [-0.25, -0.2) is 0 Å². The van der Waals surface area contributed by atoms with Crippen LogP contribution in [0.4, 0.5) is 0 Å². The van der Waals surface area contributed by atoms with Crippen LogP contribution in [0.3, 0.4) is 0 Å². The van der Waals surface area contributed by atoms with Gasteiger partial charge >= 0.3 is 0 Å². The van der Waals surface area contributed by atoms with E-state index in [0.29, 0.717) is 30.4 Å². The standard InChI is InChI=1S/C12H11N3O2/c13-6-5-11-14-12(17-15-11)10-7-8-3-1-2-4-9(8)16-10/h1-4,7H,5-6,13H2. The molecule has 86 valence electrons. The van der Waals surface area contributed by atoms with E-state index < -0.39 is 0 Å². The zero-order valence-corrected chi connectivity index (χ0v) is 9.09. The van der Waals surface area contributed by atoms with Crippen LogP contribution in [0.2, 0.25) is 0 Å². The van der Waals surface area contributed by atoms with Gasteiger partial charge in [0.1, 0.15) is 5.58 Å². The van der Waals surface area contributed by atoms with Gasteiger partial charge < -0.3 is 14.7 Å². The fourth-order valence-corrected chi connectivity index (χ4v) is 1.67. The minimum atomic E-state index is 0.393. The van der Waals surface area contributed by atoms with Crippen molar-refractivity contribution in [2.45, 2.75) is 6.42 Å². The van der Waals surface area contributed by atoms with Crippen molar-refractivity contribution >= 4 is 11.0 Å². The Morgan fingerprint density at radius 2 is 2.12 bits per heavy atom. The molecule has 0 unspecified atom stereocenters. The first kappa shape index (κ1) is 10.0. The lowest BCUT2D eigenvalue weighted by Crippen LogP contribution is -2.03. The van der Waals surface area contributed by atoms with Crippen LogP contribution in [-0.2, 0) is 6.42 Å². The molecule has 2 N–H and O–H groups in total. The molecule has 1 aromatic carbocycles. The maximum atomic E-state index is 5.62. The Morgan fingerprint density at radius 1 is 1.24 bits per heavy atom. The second kappa shape index (κ2) is 4.03. The average molecular weight is 229 g/mol. The number of hydrogen-bond donors (Lipinski definition) is 1. The van der Waals surface area contributed by atoms with Crippen molar-refractivity contribution in [3.05, 3.63) is 36.2 Å². The fraction of sp³-hybridized carbons (Fsp3) is 0.167. The third-order valence-electron chi connectivity index (χ3n) is 2.47. The van der Waals surface area contributed by atoms with Gasteiger partial charge in [0, 0.05) is 11.8 Å². The summed E-state index contributed by atoms with van der Waals surface area (Å²) < 4.78 is 10.7. The van der Waals surface area contributed by atoms with Crippen LogP contribution in [0.5, 0.6) is 0 Å². The molecule has 5 heteroatoms. The summed E-state index contributed by atoms with van der Waals surface area (Å²) in [6, 6.07) is 9.63. The van der Waals surface area contributed by atoms with Crippen molar-refractivity contribution in [3.63, 3.8) is 0 Å². The van der Waals surface area contributed by atoms with Gasteiger partial charge in [0.2, 0.25) is 0 Å². The highest BCUT2D eigenvalue weighted by molar-refractivity contribution is 5.81. The number of para-hydroxylation sites is 1. The van der Waals surface area contributed by atoms with Gasteiger partial charge in [-0.2, -0.15) is 4.98 Å². The molecule has 0 aliphatic carbocycles. The highest BCUT2D eigenvalue weighted by atomic mass is 16.5. The summed E-state index contributed by atoms with van der Waals surface area (Å²) in [6.45, 7) is 0.499. The number of nitrogens with two attached hydrogens (primary N) is 1. The zero-order valence-electron chi connectivity index (χ0n) is 9.09. The highest BCUT2D eigenvalue weighted by Gasteiger charge is 2.13. The van der Waals surface area contributed by atoms with E-state index in [1.54, 1.807) is 0 Å². The quantitative estimate of drug-likeness (QED) is 0.743. The Morgan fingerprint density at radius 3 is 2.94 bits per heavy atom. The van der Waals surface area contributed by atoms with Crippen molar-refractivity contribution < 1.29 is 8.94 Å². The Kier molecular flexibility index (Phi) is 2.38. The van der Waals surface area contributed by atoms with Gasteiger partial charge in [0.05, 0.1) is 0 Å². The molecule has 3 rings (SSSR count). The number of fused-ring (bicyclic) bond motifs is 1. The number of furan rings is 1. The predicted molar refractivity (Wildman–Crippen MR) is 62.3 cm³/mol. The Labute approximate surface area is 97.2 Å². The first-order valence-corrected chi connectivity index (χ1v) is 5.38. The van der Waals surface area contributed by atoms with Crippen molar-refractivity contribution in [2.75, 3.05) is 6.54 Å². The minimum absolute atomic E-state index is 0.393. The summed E-state index contributed by atoms with van der Waals surface area (Å²) in [7, 11) is 0. The van der Waals surface area contributed by atoms with Crippen LogP contribution in [0.25, 0.3) is 22.6 Å². The number of benzene rings is 1. The Hall–Kier alpha value is -2.14. The zero-order chi connectivity index (χ0) is 11.7. The van der Waals surface area contributed by atoms with E-state index in [1.807, 2.05) is 30.3 Å². The lowest BCUT2D eigenvalue weighted by Gasteiger charge is -1.85. The van der Waals surface area contributed by atoms with E-state index in [4.69, 9.17) is 14.7 Å². The monoisotopic (exact) mass is 229 g/mol. The molecule has 3 aromatic rings. The van der Waals surface area contributed by atoms with Crippen molar-refractivity contribution in [3.8, 4) is 11.7 Å². The molecular formula is C12H11N3O2. The number of hydrogen-bond acceptors (Lipinski definition) is 5. The van der Waals surface area contributed by atoms with Gasteiger partial charge in [0.25, 0.3) is 5.89 Å². The van der Waals surface area contributed by atoms with Crippen molar-refractivity contribution in [1.82, 2.24) is 10.1 Å². The molecule has 2 aromatic heterocycles. The first-order valence-electron chi connectivity index (χ1n) is 5.38. The second-order valence-electron chi connectivity index (χ2n) is 3.70. The molecule has 0 aliphatic heterocycles. The summed E-state index contributed by atoms with van der Waals surface area (Å²) in [6.07, 6.45) is 0.601. The molecule has 17 heavy (non-hydrogen) atoms. The minimum Gasteiger partial charge on any atom is -0.451 e. The van der Waals surface area contributed by atoms with Crippen LogP contribution in [0, 0.1) is 0 Å². The van der Waals surface area contributed by atoms with E-state index in [1.165, 1.54) is 0 Å². The van der Waals surface area contributed by atoms with Crippen molar-refractivity contribution in [2.24, 2.45) is 5.73 Å². The Balaban J connectivity index is 2.01. The normalized spacial score (nSPS) is 11.1. The summed E-state index contributed by atoms with van der Waals surface area (Å²) >= 11 is 0. The van der Waals surface area contributed by atoms with Crippen LogP contribution < -0.4 is 5.73 Å². The van der Waals surface area contributed by atoms with Gasteiger partial charge in [0.15, 0.2) is 11.6 Å². The van der Waals surface area contributed by atoms with E-state index >= 15 is 0 Å². The molecule has 2 heterocycles. The third-order valence-corrected chi connectivity index (χ3v) is 2.47. The molecule has 0 amide bonds. The first-order chi connectivity index (χ1) is 8.36. The maximum absolute atomic E-state index is 5.62. The van der Waals surface area contributed by atoms with E-state index in [9.17, 15) is 0 Å². The van der Waals surface area contributed by atoms with Gasteiger partial charge in [-0.3, -0.25) is 0 Å². The molecule has 0 saturated carbocycles. The fourth-order valence-electron chi connectivity index (χ4n) is 1.67. The average Bonchev–Trinajstić information content (AvgIpc) is 2.94.